The molecule has 1 aromatic rings. The Labute approximate surface area is 193 Å². The van der Waals surface area contributed by atoms with Gasteiger partial charge < -0.3 is 28.9 Å². The van der Waals surface area contributed by atoms with Crippen LogP contribution in [0.25, 0.3) is 0 Å². The Hall–Kier alpha value is -2.26. The van der Waals surface area contributed by atoms with Gasteiger partial charge >= 0.3 is 6.09 Å². The van der Waals surface area contributed by atoms with E-state index in [1.54, 1.807) is 15.9 Å². The lowest BCUT2D eigenvalue weighted by molar-refractivity contribution is 0.000896. The Morgan fingerprint density at radius 3 is 2.78 bits per heavy atom. The van der Waals surface area contributed by atoms with Crippen LogP contribution >= 0.6 is 11.6 Å². The number of amides is 2. The number of fused-ring (bicyclic) bond motifs is 2. The van der Waals surface area contributed by atoms with Crippen LogP contribution in [0.2, 0.25) is 5.15 Å². The van der Waals surface area contributed by atoms with Crippen molar-refractivity contribution in [1.82, 2.24) is 19.7 Å². The zero-order valence-electron chi connectivity index (χ0n) is 19.1. The van der Waals surface area contributed by atoms with Gasteiger partial charge in [-0.05, 0) is 47.2 Å². The molecule has 0 spiro atoms. The normalized spacial score (nSPS) is 23.8. The average molecular weight is 467 g/mol. The van der Waals surface area contributed by atoms with Crippen LogP contribution < -0.4 is 9.47 Å². The molecule has 4 rings (SSSR count). The fraction of sp³-hybridized carbons (Fsp3) is 0.682. The highest BCUT2D eigenvalue weighted by Gasteiger charge is 2.40. The lowest BCUT2D eigenvalue weighted by Crippen LogP contribution is -2.58. The maximum absolute atomic E-state index is 13.5. The third-order valence-corrected chi connectivity index (χ3v) is 6.24. The molecule has 0 unspecified atom stereocenters. The van der Waals surface area contributed by atoms with E-state index in [2.05, 4.69) is 16.9 Å². The van der Waals surface area contributed by atoms with Gasteiger partial charge in [0.25, 0.3) is 5.91 Å². The third-order valence-electron chi connectivity index (χ3n) is 6.04. The molecule has 2 fully saturated rings. The number of nitrogens with zero attached hydrogens (tertiary/aromatic N) is 4. The van der Waals surface area contributed by atoms with E-state index in [0.717, 1.165) is 19.4 Å². The van der Waals surface area contributed by atoms with Crippen LogP contribution in [0.1, 0.15) is 44.0 Å². The molecular formula is C22H31ClN4O5. The number of piperazine rings is 1. The summed E-state index contributed by atoms with van der Waals surface area (Å²) in [6.07, 6.45) is 1.77. The van der Waals surface area contributed by atoms with Crippen molar-refractivity contribution in [2.24, 2.45) is 0 Å². The van der Waals surface area contributed by atoms with Gasteiger partial charge in [0.1, 0.15) is 35.3 Å². The van der Waals surface area contributed by atoms with E-state index in [9.17, 15) is 9.59 Å². The van der Waals surface area contributed by atoms with Crippen molar-refractivity contribution in [3.63, 3.8) is 0 Å². The number of carbonyl (C=O) groups excluding carboxylic acids is 2. The summed E-state index contributed by atoms with van der Waals surface area (Å²) in [6.45, 7) is 8.28. The monoisotopic (exact) mass is 466 g/mol. The molecule has 4 heterocycles. The van der Waals surface area contributed by atoms with Crippen LogP contribution in [0.4, 0.5) is 4.79 Å². The van der Waals surface area contributed by atoms with Crippen LogP contribution in [0.3, 0.4) is 0 Å². The number of likely N-dealkylation sites (tertiary alicyclic amines) is 1. The first-order valence-electron chi connectivity index (χ1n) is 11.1. The number of aromatic nitrogens is 1. The molecule has 0 N–H and O–H groups in total. The second-order valence-corrected chi connectivity index (χ2v) is 9.99. The first-order chi connectivity index (χ1) is 15.1. The number of ether oxygens (including phenoxy) is 3. The number of carbonyl (C=O) groups is 2. The SMILES string of the molecule is CN1CCC[C@@H]1COc1nc(Cl)cc2c1C(=O)N1CCN(C(=O)OC(C)(C)C)C[C@@H]1CO2. The number of rotatable bonds is 3. The third kappa shape index (κ3) is 4.88. The molecule has 176 valence electrons. The van der Waals surface area contributed by atoms with E-state index in [-0.39, 0.29) is 41.7 Å². The number of likely N-dealkylation sites (N-methyl/N-ethyl adjacent to an activating group) is 1. The van der Waals surface area contributed by atoms with E-state index < -0.39 is 5.60 Å². The van der Waals surface area contributed by atoms with E-state index in [4.69, 9.17) is 25.8 Å². The van der Waals surface area contributed by atoms with E-state index in [1.165, 1.54) is 0 Å². The van der Waals surface area contributed by atoms with Crippen molar-refractivity contribution in [3.05, 3.63) is 16.8 Å². The largest absolute Gasteiger partial charge is 0.490 e. The fourth-order valence-electron chi connectivity index (χ4n) is 4.34. The lowest BCUT2D eigenvalue weighted by atomic mass is 10.1. The van der Waals surface area contributed by atoms with Gasteiger partial charge in [0.15, 0.2) is 0 Å². The Morgan fingerprint density at radius 2 is 2.09 bits per heavy atom. The predicted octanol–water partition coefficient (Wildman–Crippen LogP) is 2.66. The molecule has 0 radical (unpaired) electrons. The van der Waals surface area contributed by atoms with Gasteiger partial charge in [0, 0.05) is 31.7 Å². The van der Waals surface area contributed by atoms with Gasteiger partial charge in [-0.15, -0.1) is 0 Å². The van der Waals surface area contributed by atoms with E-state index >= 15 is 0 Å². The zero-order chi connectivity index (χ0) is 23.0. The number of hydrogen-bond donors (Lipinski definition) is 0. The molecule has 2 amide bonds. The van der Waals surface area contributed by atoms with Gasteiger partial charge in [0.2, 0.25) is 5.88 Å². The summed E-state index contributed by atoms with van der Waals surface area (Å²) in [6, 6.07) is 1.52. The van der Waals surface area contributed by atoms with Crippen molar-refractivity contribution in [1.29, 1.82) is 0 Å². The summed E-state index contributed by atoms with van der Waals surface area (Å²) in [5.41, 5.74) is -0.286. The summed E-state index contributed by atoms with van der Waals surface area (Å²) >= 11 is 6.21. The summed E-state index contributed by atoms with van der Waals surface area (Å²) in [7, 11) is 2.07. The number of hydrogen-bond acceptors (Lipinski definition) is 7. The van der Waals surface area contributed by atoms with Crippen LogP contribution in [0.15, 0.2) is 6.07 Å². The first kappa shape index (κ1) is 22.9. The standard InChI is InChI=1S/C22H31ClN4O5/c1-22(2,3)32-21(29)26-8-9-27-15(11-26)13-30-16-10-17(23)24-19(18(16)20(27)28)31-12-14-6-5-7-25(14)4/h10,14-15H,5-9,11-13H2,1-4H3/t14-,15-/m1/s1. The lowest BCUT2D eigenvalue weighted by Gasteiger charge is -2.40. The van der Waals surface area contributed by atoms with Crippen LogP contribution in [0, 0.1) is 0 Å². The number of pyridine rings is 1. The van der Waals surface area contributed by atoms with Crippen molar-refractivity contribution in [3.8, 4) is 11.6 Å². The minimum absolute atomic E-state index is 0.202. The first-order valence-corrected chi connectivity index (χ1v) is 11.5. The molecule has 10 heteroatoms. The molecule has 32 heavy (non-hydrogen) atoms. The Morgan fingerprint density at radius 1 is 1.31 bits per heavy atom. The molecule has 0 aliphatic carbocycles. The quantitative estimate of drug-likeness (QED) is 0.633. The molecule has 0 saturated carbocycles. The number of halogens is 1. The molecule has 3 aliphatic heterocycles. The molecule has 0 aromatic carbocycles. The van der Waals surface area contributed by atoms with Crippen molar-refractivity contribution < 1.29 is 23.8 Å². The molecular weight excluding hydrogens is 436 g/mol. The highest BCUT2D eigenvalue weighted by atomic mass is 35.5. The second kappa shape index (κ2) is 8.94. The summed E-state index contributed by atoms with van der Waals surface area (Å²) < 4.78 is 17.5. The topological polar surface area (TPSA) is 84.4 Å². The van der Waals surface area contributed by atoms with Crippen LogP contribution in [0.5, 0.6) is 11.6 Å². The van der Waals surface area contributed by atoms with Gasteiger partial charge in [-0.25, -0.2) is 9.78 Å². The molecule has 9 nitrogen and oxygen atoms in total. The van der Waals surface area contributed by atoms with Crippen LogP contribution in [-0.2, 0) is 4.74 Å². The maximum atomic E-state index is 13.5. The van der Waals surface area contributed by atoms with Gasteiger partial charge in [-0.2, -0.15) is 0 Å². The molecule has 1 aromatic heterocycles. The van der Waals surface area contributed by atoms with Crippen molar-refractivity contribution in [2.45, 2.75) is 51.3 Å². The second-order valence-electron chi connectivity index (χ2n) is 9.60. The molecule has 0 bridgehead atoms. The molecule has 2 atom stereocenters. The Kier molecular flexibility index (Phi) is 6.40. The zero-order valence-corrected chi connectivity index (χ0v) is 19.9. The molecule has 2 saturated heterocycles. The minimum atomic E-state index is -0.581. The molecule has 3 aliphatic rings. The highest BCUT2D eigenvalue weighted by Crippen LogP contribution is 2.35. The highest BCUT2D eigenvalue weighted by molar-refractivity contribution is 6.29. The smallest absolute Gasteiger partial charge is 0.410 e. The van der Waals surface area contributed by atoms with Crippen molar-refractivity contribution >= 4 is 23.6 Å². The predicted molar refractivity (Wildman–Crippen MR) is 119 cm³/mol. The van der Waals surface area contributed by atoms with E-state index in [0.29, 0.717) is 37.6 Å². The van der Waals surface area contributed by atoms with E-state index in [1.807, 2.05) is 20.8 Å². The Bertz CT molecular complexity index is 890. The summed E-state index contributed by atoms with van der Waals surface area (Å²) in [4.78, 5) is 35.9. The average Bonchev–Trinajstić information content (AvgIpc) is 3.07. The fourth-order valence-corrected chi connectivity index (χ4v) is 4.51. The van der Waals surface area contributed by atoms with Gasteiger partial charge in [-0.3, -0.25) is 4.79 Å². The minimum Gasteiger partial charge on any atom is -0.490 e. The maximum Gasteiger partial charge on any atom is 0.410 e. The van der Waals surface area contributed by atoms with Gasteiger partial charge in [0.05, 0.1) is 6.04 Å². The van der Waals surface area contributed by atoms with Crippen LogP contribution in [-0.4, -0.2) is 95.8 Å². The summed E-state index contributed by atoms with van der Waals surface area (Å²) in [5, 5.41) is 0.210. The summed E-state index contributed by atoms with van der Waals surface area (Å²) in [5.74, 6) is 0.348. The van der Waals surface area contributed by atoms with Crippen molar-refractivity contribution in [2.75, 3.05) is 46.4 Å². The van der Waals surface area contributed by atoms with Gasteiger partial charge in [-0.1, -0.05) is 11.6 Å². The Balaban J connectivity index is 1.52.